The molecule has 0 aliphatic carbocycles. The van der Waals surface area contributed by atoms with Gasteiger partial charge >= 0.3 is 0 Å². The summed E-state index contributed by atoms with van der Waals surface area (Å²) in [5.41, 5.74) is 3.73. The normalized spacial score (nSPS) is 10.3. The number of amides is 1. The summed E-state index contributed by atoms with van der Waals surface area (Å²) in [5, 5.41) is 0. The maximum atomic E-state index is 12.6. The lowest BCUT2D eigenvalue weighted by Gasteiger charge is -2.18. The van der Waals surface area contributed by atoms with Crippen LogP contribution in [0.1, 0.15) is 15.9 Å². The van der Waals surface area contributed by atoms with Gasteiger partial charge < -0.3 is 9.62 Å². The van der Waals surface area contributed by atoms with Gasteiger partial charge in [0.1, 0.15) is 0 Å². The van der Waals surface area contributed by atoms with Crippen LogP contribution in [0.5, 0.6) is 0 Å². The van der Waals surface area contributed by atoms with E-state index in [0.717, 1.165) is 16.3 Å². The summed E-state index contributed by atoms with van der Waals surface area (Å²) in [4.78, 5) is 15.4. The van der Waals surface area contributed by atoms with E-state index >= 15 is 0 Å². The molecule has 0 bridgehead atoms. The summed E-state index contributed by atoms with van der Waals surface area (Å²) < 4.78 is 3.33. The van der Waals surface area contributed by atoms with E-state index in [9.17, 15) is 4.79 Å². The number of anilines is 2. The second-order valence-electron chi connectivity index (χ2n) is 5.80. The van der Waals surface area contributed by atoms with Gasteiger partial charge in [0.2, 0.25) is 0 Å². The lowest BCUT2D eigenvalue weighted by molar-refractivity contribution is 0.0993. The Balaban J connectivity index is 1.70. The summed E-state index contributed by atoms with van der Waals surface area (Å²) in [7, 11) is 1.79. The highest BCUT2D eigenvalue weighted by Gasteiger charge is 2.13. The van der Waals surface area contributed by atoms with Gasteiger partial charge in [-0.3, -0.25) is 4.79 Å². The summed E-state index contributed by atoms with van der Waals surface area (Å²) in [6, 6.07) is 25.5. The van der Waals surface area contributed by atoms with Crippen molar-refractivity contribution in [2.75, 3.05) is 16.7 Å². The zero-order valence-corrected chi connectivity index (χ0v) is 15.1. The van der Waals surface area contributed by atoms with Gasteiger partial charge in [-0.2, -0.15) is 0 Å². The minimum Gasteiger partial charge on any atom is -0.326 e. The lowest BCUT2D eigenvalue weighted by Crippen LogP contribution is -2.26. The largest absolute Gasteiger partial charge is 0.326 e. The van der Waals surface area contributed by atoms with Gasteiger partial charge in [0.05, 0.1) is 0 Å². The number of aryl methyl sites for hydroxylation is 1. The molecule has 25 heavy (non-hydrogen) atoms. The summed E-state index contributed by atoms with van der Waals surface area (Å²) in [5.74, 6) is -0.0241. The van der Waals surface area contributed by atoms with Gasteiger partial charge in [-0.25, -0.2) is 0 Å². The Morgan fingerprint density at radius 3 is 2.36 bits per heavy atom. The van der Waals surface area contributed by atoms with E-state index in [-0.39, 0.29) is 5.91 Å². The van der Waals surface area contributed by atoms with Crippen molar-refractivity contribution in [3.05, 3.63) is 90.0 Å². The first-order valence-electron chi connectivity index (χ1n) is 8.06. The van der Waals surface area contributed by atoms with Crippen LogP contribution in [0.25, 0.3) is 0 Å². The van der Waals surface area contributed by atoms with E-state index in [1.807, 2.05) is 54.6 Å². The third-order valence-corrected chi connectivity index (χ3v) is 4.71. The van der Waals surface area contributed by atoms with Crippen LogP contribution in [0.3, 0.4) is 0 Å². The van der Waals surface area contributed by atoms with Crippen LogP contribution in [-0.4, -0.2) is 13.0 Å². The zero-order valence-electron chi connectivity index (χ0n) is 14.3. The van der Waals surface area contributed by atoms with Crippen molar-refractivity contribution in [2.45, 2.75) is 11.8 Å². The third kappa shape index (κ3) is 4.43. The number of nitrogens with zero attached hydrogens (tertiary/aromatic N) is 1. The standard InChI is InChI=1S/C21H20N2OS/c1-16-11-13-20(14-12-16)25-22-18-9-6-10-19(15-18)23(2)21(24)17-7-4-3-5-8-17/h3-15,22H,1-2H3. The maximum Gasteiger partial charge on any atom is 0.258 e. The monoisotopic (exact) mass is 348 g/mol. The smallest absolute Gasteiger partial charge is 0.258 e. The predicted octanol–water partition coefficient (Wildman–Crippen LogP) is 5.39. The molecule has 0 saturated carbocycles. The van der Waals surface area contributed by atoms with Crippen molar-refractivity contribution >= 4 is 29.2 Å². The zero-order chi connectivity index (χ0) is 17.6. The number of hydrogen-bond acceptors (Lipinski definition) is 3. The molecule has 0 saturated heterocycles. The van der Waals surface area contributed by atoms with E-state index in [2.05, 4.69) is 35.9 Å². The van der Waals surface area contributed by atoms with Gasteiger partial charge in [-0.05, 0) is 61.3 Å². The Labute approximate surface area is 152 Å². The topological polar surface area (TPSA) is 32.3 Å². The van der Waals surface area contributed by atoms with Gasteiger partial charge in [0.25, 0.3) is 5.91 Å². The van der Waals surface area contributed by atoms with Crippen LogP contribution in [0.4, 0.5) is 11.4 Å². The molecule has 3 rings (SSSR count). The molecule has 1 amide bonds. The highest BCUT2D eigenvalue weighted by atomic mass is 32.2. The molecule has 0 fully saturated rings. The van der Waals surface area contributed by atoms with Crippen molar-refractivity contribution in [3.63, 3.8) is 0 Å². The molecular weight excluding hydrogens is 328 g/mol. The summed E-state index contributed by atoms with van der Waals surface area (Å²) in [6.07, 6.45) is 0. The Hall–Kier alpha value is -2.72. The molecule has 0 aliphatic heterocycles. The fourth-order valence-electron chi connectivity index (χ4n) is 2.39. The average molecular weight is 348 g/mol. The molecular formula is C21H20N2OS. The predicted molar refractivity (Wildman–Crippen MR) is 106 cm³/mol. The molecule has 0 atom stereocenters. The Morgan fingerprint density at radius 1 is 0.920 bits per heavy atom. The lowest BCUT2D eigenvalue weighted by atomic mass is 10.2. The highest BCUT2D eigenvalue weighted by molar-refractivity contribution is 8.00. The minimum absolute atomic E-state index is 0.0241. The number of hydrogen-bond donors (Lipinski definition) is 1. The van der Waals surface area contributed by atoms with Crippen molar-refractivity contribution in [2.24, 2.45) is 0 Å². The number of benzene rings is 3. The van der Waals surface area contributed by atoms with Gasteiger partial charge in [-0.15, -0.1) is 0 Å². The molecule has 0 radical (unpaired) electrons. The number of rotatable bonds is 5. The second-order valence-corrected chi connectivity index (χ2v) is 6.68. The molecule has 0 unspecified atom stereocenters. The summed E-state index contributed by atoms with van der Waals surface area (Å²) in [6.45, 7) is 2.07. The molecule has 3 aromatic carbocycles. The molecule has 0 heterocycles. The molecule has 0 aliphatic rings. The SMILES string of the molecule is Cc1ccc(SNc2cccc(N(C)C(=O)c3ccccc3)c2)cc1. The molecule has 0 spiro atoms. The van der Waals surface area contributed by atoms with E-state index in [1.165, 1.54) is 5.56 Å². The Kier molecular flexibility index (Phi) is 5.41. The van der Waals surface area contributed by atoms with Crippen molar-refractivity contribution in [1.29, 1.82) is 0 Å². The van der Waals surface area contributed by atoms with E-state index in [4.69, 9.17) is 0 Å². The first-order valence-corrected chi connectivity index (χ1v) is 8.88. The van der Waals surface area contributed by atoms with Crippen LogP contribution < -0.4 is 9.62 Å². The van der Waals surface area contributed by atoms with Crippen molar-refractivity contribution in [3.8, 4) is 0 Å². The molecule has 126 valence electrons. The van der Waals surface area contributed by atoms with Crippen molar-refractivity contribution < 1.29 is 4.79 Å². The second kappa shape index (κ2) is 7.90. The number of carbonyl (C=O) groups excluding carboxylic acids is 1. The molecule has 3 nitrogen and oxygen atoms in total. The number of nitrogens with one attached hydrogen (secondary N) is 1. The first kappa shape index (κ1) is 17.1. The Bertz CT molecular complexity index is 847. The highest BCUT2D eigenvalue weighted by Crippen LogP contribution is 2.25. The molecule has 4 heteroatoms. The Morgan fingerprint density at radius 2 is 1.64 bits per heavy atom. The molecule has 3 aromatic rings. The van der Waals surface area contributed by atoms with Crippen LogP contribution in [0.2, 0.25) is 0 Å². The van der Waals surface area contributed by atoms with Crippen LogP contribution in [0, 0.1) is 6.92 Å². The van der Waals surface area contributed by atoms with E-state index in [0.29, 0.717) is 5.56 Å². The fraction of sp³-hybridized carbons (Fsp3) is 0.0952. The summed E-state index contributed by atoms with van der Waals surface area (Å²) >= 11 is 1.55. The van der Waals surface area contributed by atoms with E-state index < -0.39 is 0 Å². The van der Waals surface area contributed by atoms with Crippen LogP contribution >= 0.6 is 11.9 Å². The first-order chi connectivity index (χ1) is 12.1. The van der Waals surface area contributed by atoms with Gasteiger partial charge in [0.15, 0.2) is 0 Å². The average Bonchev–Trinajstić information content (AvgIpc) is 2.67. The third-order valence-electron chi connectivity index (χ3n) is 3.87. The van der Waals surface area contributed by atoms with E-state index in [1.54, 1.807) is 23.9 Å². The van der Waals surface area contributed by atoms with Gasteiger partial charge in [-0.1, -0.05) is 42.0 Å². The van der Waals surface area contributed by atoms with Crippen molar-refractivity contribution in [1.82, 2.24) is 0 Å². The number of carbonyl (C=O) groups is 1. The quantitative estimate of drug-likeness (QED) is 0.627. The molecule has 1 N–H and O–H groups in total. The molecule has 0 aromatic heterocycles. The van der Waals surface area contributed by atoms with Crippen LogP contribution in [0.15, 0.2) is 83.8 Å². The fourth-order valence-corrected chi connectivity index (χ4v) is 3.03. The van der Waals surface area contributed by atoms with Crippen LogP contribution in [-0.2, 0) is 0 Å². The maximum absolute atomic E-state index is 12.6. The minimum atomic E-state index is -0.0241. The van der Waals surface area contributed by atoms with Gasteiger partial charge in [0, 0.05) is 28.9 Å².